The van der Waals surface area contributed by atoms with E-state index in [-0.39, 0.29) is 12.6 Å². The lowest BCUT2D eigenvalue weighted by Gasteiger charge is -2.11. The highest BCUT2D eigenvalue weighted by molar-refractivity contribution is 5.84. The molecular formula is C14H18N2O2. The molecular weight excluding hydrogens is 228 g/mol. The molecule has 0 aliphatic carbocycles. The van der Waals surface area contributed by atoms with E-state index in [4.69, 9.17) is 15.6 Å². The molecule has 0 radical (unpaired) electrons. The Kier molecular flexibility index (Phi) is 4.12. The van der Waals surface area contributed by atoms with E-state index in [0.29, 0.717) is 13.0 Å². The monoisotopic (exact) mass is 246 g/mol. The first-order chi connectivity index (χ1) is 8.70. The summed E-state index contributed by atoms with van der Waals surface area (Å²) in [7, 11) is 0. The van der Waals surface area contributed by atoms with Crippen molar-refractivity contribution in [2.75, 3.05) is 13.2 Å². The van der Waals surface area contributed by atoms with Crippen LogP contribution in [0.4, 0.5) is 0 Å². The second kappa shape index (κ2) is 5.80. The number of nitrogens with zero attached hydrogens (tertiary/aromatic N) is 1. The summed E-state index contributed by atoms with van der Waals surface area (Å²) in [4.78, 5) is 4.49. The zero-order valence-corrected chi connectivity index (χ0v) is 10.5. The minimum Gasteiger partial charge on any atom is -0.491 e. The Morgan fingerprint density at radius 2 is 2.17 bits per heavy atom. The minimum absolute atomic E-state index is 0.0176. The van der Waals surface area contributed by atoms with Crippen molar-refractivity contribution in [3.8, 4) is 5.75 Å². The second-order valence-corrected chi connectivity index (χ2v) is 4.36. The summed E-state index contributed by atoms with van der Waals surface area (Å²) >= 11 is 0. The number of hydrogen-bond donors (Lipinski definition) is 2. The topological polar surface area (TPSA) is 68.4 Å². The van der Waals surface area contributed by atoms with Crippen LogP contribution >= 0.6 is 0 Å². The maximum Gasteiger partial charge on any atom is 0.145 e. The summed E-state index contributed by atoms with van der Waals surface area (Å²) in [5.74, 6) is 0.765. The SMILES string of the molecule is Cc1ccc2cccc(OCCC(N)CO)c2n1. The number of benzene rings is 1. The van der Waals surface area contributed by atoms with Crippen molar-refractivity contribution in [1.82, 2.24) is 4.98 Å². The van der Waals surface area contributed by atoms with Gasteiger partial charge in [0.1, 0.15) is 11.3 Å². The maximum atomic E-state index is 8.85. The first-order valence-electron chi connectivity index (χ1n) is 6.06. The highest BCUT2D eigenvalue weighted by atomic mass is 16.5. The van der Waals surface area contributed by atoms with Gasteiger partial charge in [0.25, 0.3) is 0 Å². The average Bonchev–Trinajstić information content (AvgIpc) is 2.39. The number of hydrogen-bond acceptors (Lipinski definition) is 4. The van der Waals surface area contributed by atoms with Crippen molar-refractivity contribution in [2.45, 2.75) is 19.4 Å². The summed E-state index contributed by atoms with van der Waals surface area (Å²) in [5, 5.41) is 9.91. The molecule has 1 unspecified atom stereocenters. The standard InChI is InChI=1S/C14H18N2O2/c1-10-5-6-11-3-2-4-13(14(11)16-10)18-8-7-12(15)9-17/h2-6,12,17H,7-9,15H2,1H3. The van der Waals surface area contributed by atoms with Crippen LogP contribution in [0.3, 0.4) is 0 Å². The van der Waals surface area contributed by atoms with Gasteiger partial charge in [0.15, 0.2) is 0 Å². The molecule has 0 saturated carbocycles. The molecule has 1 heterocycles. The zero-order valence-electron chi connectivity index (χ0n) is 10.5. The van der Waals surface area contributed by atoms with E-state index in [2.05, 4.69) is 4.98 Å². The Bertz CT molecular complexity index is 528. The Hall–Kier alpha value is -1.65. The zero-order chi connectivity index (χ0) is 13.0. The van der Waals surface area contributed by atoms with E-state index in [0.717, 1.165) is 22.3 Å². The molecule has 96 valence electrons. The predicted molar refractivity (Wildman–Crippen MR) is 71.7 cm³/mol. The average molecular weight is 246 g/mol. The van der Waals surface area contributed by atoms with Gasteiger partial charge in [0.05, 0.1) is 13.2 Å². The molecule has 2 rings (SSSR count). The fraction of sp³-hybridized carbons (Fsp3) is 0.357. The van der Waals surface area contributed by atoms with Crippen molar-refractivity contribution < 1.29 is 9.84 Å². The number of ether oxygens (including phenoxy) is 1. The summed E-state index contributed by atoms with van der Waals surface area (Å²) in [6, 6.07) is 9.64. The lowest BCUT2D eigenvalue weighted by Crippen LogP contribution is -2.26. The summed E-state index contributed by atoms with van der Waals surface area (Å²) in [5.41, 5.74) is 7.46. The molecule has 0 saturated heterocycles. The molecule has 18 heavy (non-hydrogen) atoms. The fourth-order valence-electron chi connectivity index (χ4n) is 1.75. The third kappa shape index (κ3) is 2.97. The number of aliphatic hydroxyl groups is 1. The van der Waals surface area contributed by atoms with Crippen molar-refractivity contribution in [3.63, 3.8) is 0 Å². The van der Waals surface area contributed by atoms with Gasteiger partial charge >= 0.3 is 0 Å². The molecule has 0 spiro atoms. The molecule has 4 nitrogen and oxygen atoms in total. The van der Waals surface area contributed by atoms with Gasteiger partial charge in [-0.25, -0.2) is 4.98 Å². The molecule has 1 aromatic heterocycles. The Balaban J connectivity index is 2.15. The molecule has 0 aliphatic heterocycles. The molecule has 1 atom stereocenters. The lowest BCUT2D eigenvalue weighted by molar-refractivity contribution is 0.231. The number of fused-ring (bicyclic) bond motifs is 1. The van der Waals surface area contributed by atoms with Crippen LogP contribution in [0.1, 0.15) is 12.1 Å². The second-order valence-electron chi connectivity index (χ2n) is 4.36. The van der Waals surface area contributed by atoms with E-state index in [1.54, 1.807) is 0 Å². The van der Waals surface area contributed by atoms with E-state index in [1.165, 1.54) is 0 Å². The van der Waals surface area contributed by atoms with Crippen LogP contribution in [0.5, 0.6) is 5.75 Å². The van der Waals surface area contributed by atoms with E-state index in [1.807, 2.05) is 37.3 Å². The van der Waals surface area contributed by atoms with E-state index in [9.17, 15) is 0 Å². The summed E-state index contributed by atoms with van der Waals surface area (Å²) < 4.78 is 5.69. The van der Waals surface area contributed by atoms with Crippen molar-refractivity contribution >= 4 is 10.9 Å². The van der Waals surface area contributed by atoms with Crippen LogP contribution in [0.15, 0.2) is 30.3 Å². The van der Waals surface area contributed by atoms with E-state index >= 15 is 0 Å². The van der Waals surface area contributed by atoms with Gasteiger partial charge in [-0.2, -0.15) is 0 Å². The molecule has 0 fully saturated rings. The van der Waals surface area contributed by atoms with Gasteiger partial charge in [-0.3, -0.25) is 0 Å². The van der Waals surface area contributed by atoms with Crippen LogP contribution in [0.25, 0.3) is 10.9 Å². The number of nitrogens with two attached hydrogens (primary N) is 1. The van der Waals surface area contributed by atoms with Gasteiger partial charge in [0, 0.05) is 17.1 Å². The van der Waals surface area contributed by atoms with Gasteiger partial charge in [-0.05, 0) is 25.5 Å². The highest BCUT2D eigenvalue weighted by Crippen LogP contribution is 2.23. The molecule has 0 bridgehead atoms. The smallest absolute Gasteiger partial charge is 0.145 e. The van der Waals surface area contributed by atoms with Crippen molar-refractivity contribution in [1.29, 1.82) is 0 Å². The molecule has 3 N–H and O–H groups in total. The first-order valence-corrected chi connectivity index (χ1v) is 6.06. The fourth-order valence-corrected chi connectivity index (χ4v) is 1.75. The van der Waals surface area contributed by atoms with Crippen LogP contribution in [0.2, 0.25) is 0 Å². The summed E-state index contributed by atoms with van der Waals surface area (Å²) in [6.07, 6.45) is 0.624. The quantitative estimate of drug-likeness (QED) is 0.841. The largest absolute Gasteiger partial charge is 0.491 e. The summed E-state index contributed by atoms with van der Waals surface area (Å²) in [6.45, 7) is 2.42. The third-order valence-electron chi connectivity index (χ3n) is 2.80. The number of aryl methyl sites for hydroxylation is 1. The van der Waals surface area contributed by atoms with Gasteiger partial charge in [-0.1, -0.05) is 18.2 Å². The van der Waals surface area contributed by atoms with Crippen molar-refractivity contribution in [2.24, 2.45) is 5.73 Å². The molecule has 2 aromatic rings. The number of rotatable bonds is 5. The predicted octanol–water partition coefficient (Wildman–Crippen LogP) is 1.63. The molecule has 0 aliphatic rings. The number of aliphatic hydroxyl groups excluding tert-OH is 1. The number of aromatic nitrogens is 1. The van der Waals surface area contributed by atoms with Gasteiger partial charge < -0.3 is 15.6 Å². The lowest BCUT2D eigenvalue weighted by atomic mass is 10.2. The Morgan fingerprint density at radius 1 is 1.33 bits per heavy atom. The minimum atomic E-state index is -0.227. The van der Waals surface area contributed by atoms with Gasteiger partial charge in [-0.15, -0.1) is 0 Å². The number of pyridine rings is 1. The van der Waals surface area contributed by atoms with Crippen LogP contribution in [-0.2, 0) is 0 Å². The van der Waals surface area contributed by atoms with E-state index < -0.39 is 0 Å². The maximum absolute atomic E-state index is 8.85. The normalized spacial score (nSPS) is 12.6. The van der Waals surface area contributed by atoms with Crippen molar-refractivity contribution in [3.05, 3.63) is 36.0 Å². The van der Waals surface area contributed by atoms with Crippen LogP contribution in [0, 0.1) is 6.92 Å². The number of para-hydroxylation sites is 1. The van der Waals surface area contributed by atoms with Crippen LogP contribution in [-0.4, -0.2) is 29.3 Å². The molecule has 1 aromatic carbocycles. The molecule has 4 heteroatoms. The van der Waals surface area contributed by atoms with Gasteiger partial charge in [0.2, 0.25) is 0 Å². The third-order valence-corrected chi connectivity index (χ3v) is 2.80. The van der Waals surface area contributed by atoms with Crippen LogP contribution < -0.4 is 10.5 Å². The highest BCUT2D eigenvalue weighted by Gasteiger charge is 2.05. The first kappa shape index (κ1) is 12.8. The molecule has 0 amide bonds. The Morgan fingerprint density at radius 3 is 2.94 bits per heavy atom. The Labute approximate surface area is 106 Å².